The molecule has 1 unspecified atom stereocenters. The normalized spacial score (nSPS) is 21.9. The minimum atomic E-state index is -0.612. The third kappa shape index (κ3) is 3.40. The molecule has 1 saturated carbocycles. The predicted octanol–water partition coefficient (Wildman–Crippen LogP) is 5.19. The average Bonchev–Trinajstić information content (AvgIpc) is 3.42. The van der Waals surface area contributed by atoms with Crippen LogP contribution in [0.5, 0.6) is 5.75 Å². The maximum absolute atomic E-state index is 13.1. The molecule has 1 aromatic heterocycles. The van der Waals surface area contributed by atoms with Gasteiger partial charge in [-0.15, -0.1) is 11.3 Å². The Hall–Kier alpha value is -2.12. The van der Waals surface area contributed by atoms with Gasteiger partial charge in [-0.3, -0.25) is 9.59 Å². The number of aliphatic hydroxyl groups excluding tert-OH is 1. The number of methoxy groups -OCH3 is 1. The van der Waals surface area contributed by atoms with Gasteiger partial charge in [0.2, 0.25) is 0 Å². The molecule has 7 heteroatoms. The van der Waals surface area contributed by atoms with Crippen molar-refractivity contribution in [1.82, 2.24) is 4.90 Å². The first-order valence-electron chi connectivity index (χ1n) is 9.62. The van der Waals surface area contributed by atoms with E-state index in [1.807, 2.05) is 18.4 Å². The Morgan fingerprint density at radius 2 is 1.97 bits per heavy atom. The predicted molar refractivity (Wildman–Crippen MR) is 116 cm³/mol. The summed E-state index contributed by atoms with van der Waals surface area (Å²) < 4.78 is 5.92. The summed E-state index contributed by atoms with van der Waals surface area (Å²) in [5, 5.41) is 13.1. The Morgan fingerprint density at radius 3 is 2.55 bits per heavy atom. The second-order valence-electron chi connectivity index (χ2n) is 7.46. The lowest BCUT2D eigenvalue weighted by Gasteiger charge is -2.30. The Balaban J connectivity index is 1.88. The number of halogens is 1. The number of nitrogens with zero attached hydrogens (tertiary/aromatic N) is 1. The molecule has 0 spiro atoms. The number of rotatable bonds is 4. The van der Waals surface area contributed by atoms with Crippen LogP contribution in [0.3, 0.4) is 0 Å². The standard InChI is InChI=1S/C22H22BrNO4S/c1-12-9-10-29-21(12)18-17(19(25)13-7-8-16(28-2)15(23)11-13)20(26)22(27)24(18)14-5-3-4-6-14/h7-11,14,18,25H,3-6H2,1-2H3/b19-17-. The summed E-state index contributed by atoms with van der Waals surface area (Å²) in [5.74, 6) is -0.647. The smallest absolute Gasteiger partial charge is 0.295 e. The quantitative estimate of drug-likeness (QED) is 0.375. The number of carbonyl (C=O) groups is 2. The Morgan fingerprint density at radius 1 is 1.24 bits per heavy atom. The van der Waals surface area contributed by atoms with Gasteiger partial charge < -0.3 is 14.7 Å². The molecule has 1 amide bonds. The number of carbonyl (C=O) groups excluding carboxylic acids is 2. The maximum Gasteiger partial charge on any atom is 0.295 e. The van der Waals surface area contributed by atoms with Crippen LogP contribution in [-0.4, -0.2) is 34.8 Å². The Bertz CT molecular complexity index is 1010. The molecule has 0 bridgehead atoms. The molecule has 2 heterocycles. The summed E-state index contributed by atoms with van der Waals surface area (Å²) in [4.78, 5) is 28.8. The van der Waals surface area contributed by atoms with Gasteiger partial charge in [-0.25, -0.2) is 0 Å². The van der Waals surface area contributed by atoms with Crippen LogP contribution in [0.2, 0.25) is 0 Å². The van der Waals surface area contributed by atoms with Gasteiger partial charge in [-0.05, 0) is 70.9 Å². The topological polar surface area (TPSA) is 66.8 Å². The van der Waals surface area contributed by atoms with Gasteiger partial charge in [-0.2, -0.15) is 0 Å². The van der Waals surface area contributed by atoms with E-state index >= 15 is 0 Å². The van der Waals surface area contributed by atoms with E-state index in [0.29, 0.717) is 15.8 Å². The van der Waals surface area contributed by atoms with Gasteiger partial charge in [0.15, 0.2) is 0 Å². The van der Waals surface area contributed by atoms with E-state index in [0.717, 1.165) is 36.1 Å². The van der Waals surface area contributed by atoms with Gasteiger partial charge in [0.05, 0.1) is 17.2 Å². The lowest BCUT2D eigenvalue weighted by atomic mass is 9.97. The molecule has 0 radical (unpaired) electrons. The van der Waals surface area contributed by atoms with Crippen LogP contribution in [0.1, 0.15) is 47.7 Å². The zero-order valence-electron chi connectivity index (χ0n) is 16.3. The summed E-state index contributed by atoms with van der Waals surface area (Å²) in [7, 11) is 1.56. The highest BCUT2D eigenvalue weighted by molar-refractivity contribution is 9.10. The fraction of sp³-hybridized carbons (Fsp3) is 0.364. The summed E-state index contributed by atoms with van der Waals surface area (Å²) in [6.07, 6.45) is 3.88. The number of hydrogen-bond donors (Lipinski definition) is 1. The van der Waals surface area contributed by atoms with Crippen molar-refractivity contribution in [3.8, 4) is 5.75 Å². The van der Waals surface area contributed by atoms with Crippen molar-refractivity contribution in [1.29, 1.82) is 0 Å². The molecule has 5 nitrogen and oxygen atoms in total. The van der Waals surface area contributed by atoms with Crippen molar-refractivity contribution in [3.05, 3.63) is 55.7 Å². The number of likely N-dealkylation sites (tertiary alicyclic amines) is 1. The molecule has 2 aromatic rings. The van der Waals surface area contributed by atoms with E-state index < -0.39 is 17.7 Å². The molecule has 1 N–H and O–H groups in total. The number of ketones is 1. The second-order valence-corrected chi connectivity index (χ2v) is 9.26. The number of ether oxygens (including phenoxy) is 1. The van der Waals surface area contributed by atoms with Crippen molar-refractivity contribution in [3.63, 3.8) is 0 Å². The van der Waals surface area contributed by atoms with Crippen LogP contribution in [0.25, 0.3) is 5.76 Å². The minimum Gasteiger partial charge on any atom is -0.507 e. The van der Waals surface area contributed by atoms with Crippen LogP contribution in [-0.2, 0) is 9.59 Å². The van der Waals surface area contributed by atoms with Crippen molar-refractivity contribution in [2.75, 3.05) is 7.11 Å². The van der Waals surface area contributed by atoms with Crippen molar-refractivity contribution >= 4 is 44.7 Å². The van der Waals surface area contributed by atoms with Crippen molar-refractivity contribution in [2.24, 2.45) is 0 Å². The van der Waals surface area contributed by atoms with Crippen molar-refractivity contribution in [2.45, 2.75) is 44.7 Å². The number of aliphatic hydroxyl groups is 1. The average molecular weight is 476 g/mol. The molecule has 4 rings (SSSR count). The lowest BCUT2D eigenvalue weighted by Crippen LogP contribution is -2.37. The zero-order chi connectivity index (χ0) is 20.7. The van der Waals surface area contributed by atoms with E-state index in [1.165, 1.54) is 11.3 Å². The first-order chi connectivity index (χ1) is 13.9. The summed E-state index contributed by atoms with van der Waals surface area (Å²) in [6.45, 7) is 1.98. The number of aryl methyl sites for hydroxylation is 1. The second kappa shape index (κ2) is 7.95. The monoisotopic (exact) mass is 475 g/mol. The van der Waals surface area contributed by atoms with Gasteiger partial charge in [0.25, 0.3) is 11.7 Å². The molecule has 1 aromatic carbocycles. The van der Waals surface area contributed by atoms with E-state index in [-0.39, 0.29) is 17.4 Å². The fourth-order valence-corrected chi connectivity index (χ4v) is 5.87. The summed E-state index contributed by atoms with van der Waals surface area (Å²) in [6, 6.07) is 6.59. The van der Waals surface area contributed by atoms with E-state index in [2.05, 4.69) is 15.9 Å². The lowest BCUT2D eigenvalue weighted by molar-refractivity contribution is -0.141. The number of thiophene rings is 1. The minimum absolute atomic E-state index is 0.0332. The molecular weight excluding hydrogens is 454 g/mol. The van der Waals surface area contributed by atoms with Gasteiger partial charge in [0, 0.05) is 16.5 Å². The molecule has 1 aliphatic heterocycles. The number of amides is 1. The number of benzene rings is 1. The van der Waals surface area contributed by atoms with E-state index in [1.54, 1.807) is 30.2 Å². The third-order valence-corrected chi connectivity index (χ3v) is 7.46. The number of hydrogen-bond acceptors (Lipinski definition) is 5. The van der Waals surface area contributed by atoms with E-state index in [9.17, 15) is 14.7 Å². The SMILES string of the molecule is COc1ccc(/C(O)=C2/C(=O)C(=O)N(C3CCCC3)C2c2sccc2C)cc1Br. The largest absolute Gasteiger partial charge is 0.507 e. The van der Waals surface area contributed by atoms with Crippen LogP contribution < -0.4 is 4.74 Å². The molecule has 1 aliphatic carbocycles. The first-order valence-corrected chi connectivity index (χ1v) is 11.3. The highest BCUT2D eigenvalue weighted by Crippen LogP contribution is 2.46. The first kappa shape index (κ1) is 20.2. The molecule has 152 valence electrons. The Kier molecular flexibility index (Phi) is 5.53. The van der Waals surface area contributed by atoms with Crippen LogP contribution in [0, 0.1) is 6.92 Å². The fourth-order valence-electron chi connectivity index (χ4n) is 4.30. The highest BCUT2D eigenvalue weighted by atomic mass is 79.9. The molecule has 1 saturated heterocycles. The van der Waals surface area contributed by atoms with Crippen LogP contribution >= 0.6 is 27.3 Å². The number of Topliss-reactive ketones (excluding diaryl/α,β-unsaturated/α-hetero) is 1. The molecule has 2 aliphatic rings. The van der Waals surface area contributed by atoms with Crippen LogP contribution in [0.4, 0.5) is 0 Å². The molecule has 1 atom stereocenters. The zero-order valence-corrected chi connectivity index (χ0v) is 18.7. The molecule has 2 fully saturated rings. The summed E-state index contributed by atoms with van der Waals surface area (Å²) >= 11 is 4.94. The van der Waals surface area contributed by atoms with Gasteiger partial charge >= 0.3 is 0 Å². The Labute approximate surface area is 182 Å². The third-order valence-electron chi connectivity index (χ3n) is 5.77. The molecule has 29 heavy (non-hydrogen) atoms. The highest BCUT2D eigenvalue weighted by Gasteiger charge is 2.50. The maximum atomic E-state index is 13.1. The molecular formula is C22H22BrNO4S. The van der Waals surface area contributed by atoms with E-state index in [4.69, 9.17) is 4.74 Å². The van der Waals surface area contributed by atoms with Crippen LogP contribution in [0.15, 0.2) is 39.7 Å². The van der Waals surface area contributed by atoms with Gasteiger partial charge in [-0.1, -0.05) is 12.8 Å². The van der Waals surface area contributed by atoms with Crippen molar-refractivity contribution < 1.29 is 19.4 Å². The van der Waals surface area contributed by atoms with Gasteiger partial charge in [0.1, 0.15) is 17.6 Å². The summed E-state index contributed by atoms with van der Waals surface area (Å²) in [5.41, 5.74) is 1.66.